The minimum Gasteiger partial charge on any atom is -0.477 e. The first kappa shape index (κ1) is 17.1. The quantitative estimate of drug-likeness (QED) is 0.585. The van der Waals surface area contributed by atoms with Gasteiger partial charge < -0.3 is 19.9 Å². The lowest BCUT2D eigenvalue weighted by Crippen LogP contribution is -2.82. The number of nitrogens with zero attached hydrogens (tertiary/aromatic N) is 1. The van der Waals surface area contributed by atoms with Gasteiger partial charge in [0, 0.05) is 7.11 Å². The number of ether oxygens (including phenoxy) is 2. The maximum atomic E-state index is 12.6. The van der Waals surface area contributed by atoms with Crippen LogP contribution in [0.25, 0.3) is 0 Å². The Balaban J connectivity index is 1.80. The molecule has 25 heavy (non-hydrogen) atoms. The third kappa shape index (κ3) is 2.69. The molecular weight excluding hydrogens is 328 g/mol. The van der Waals surface area contributed by atoms with E-state index >= 15 is 0 Å². The Kier molecular flexibility index (Phi) is 4.32. The summed E-state index contributed by atoms with van der Waals surface area (Å²) in [6.45, 7) is 1.61. The van der Waals surface area contributed by atoms with Crippen LogP contribution in [0.3, 0.4) is 0 Å². The fraction of sp³-hybridized carbons (Fsp3) is 0.353. The number of β-lactam (4-membered cyclic amide) rings is 1. The van der Waals surface area contributed by atoms with E-state index in [-0.39, 0.29) is 18.7 Å². The van der Waals surface area contributed by atoms with E-state index in [2.05, 4.69) is 5.32 Å². The van der Waals surface area contributed by atoms with Crippen LogP contribution in [0.15, 0.2) is 41.6 Å². The molecule has 132 valence electrons. The highest BCUT2D eigenvalue weighted by Gasteiger charge is 2.67. The van der Waals surface area contributed by atoms with Gasteiger partial charge in [-0.05, 0) is 18.1 Å². The van der Waals surface area contributed by atoms with Gasteiger partial charge in [0.05, 0.1) is 13.0 Å². The number of nitrogens with one attached hydrogen (secondary N) is 1. The molecular formula is C17H18N2O6. The third-order valence-electron chi connectivity index (χ3n) is 4.28. The summed E-state index contributed by atoms with van der Waals surface area (Å²) in [5, 5.41) is 11.9. The highest BCUT2D eigenvalue weighted by molar-refractivity contribution is 6.03. The van der Waals surface area contributed by atoms with Crippen molar-refractivity contribution in [2.24, 2.45) is 0 Å². The molecule has 1 fully saturated rings. The normalized spacial score (nSPS) is 25.3. The van der Waals surface area contributed by atoms with Crippen LogP contribution < -0.4 is 5.32 Å². The van der Waals surface area contributed by atoms with E-state index in [1.165, 1.54) is 7.11 Å². The Morgan fingerprint density at radius 3 is 2.68 bits per heavy atom. The van der Waals surface area contributed by atoms with Gasteiger partial charge in [-0.15, -0.1) is 0 Å². The maximum Gasteiger partial charge on any atom is 0.352 e. The third-order valence-corrected chi connectivity index (χ3v) is 4.28. The number of carboxylic acids is 1. The van der Waals surface area contributed by atoms with Gasteiger partial charge in [-0.3, -0.25) is 14.5 Å². The van der Waals surface area contributed by atoms with Crippen LogP contribution in [-0.2, 0) is 30.3 Å². The lowest BCUT2D eigenvalue weighted by Gasteiger charge is -2.55. The molecule has 0 aromatic heterocycles. The number of fused-ring (bicyclic) bond motifs is 1. The summed E-state index contributed by atoms with van der Waals surface area (Å²) in [6.07, 6.45) is -0.952. The zero-order valence-corrected chi connectivity index (χ0v) is 13.8. The smallest absolute Gasteiger partial charge is 0.352 e. The molecule has 2 N–H and O–H groups in total. The summed E-state index contributed by atoms with van der Waals surface area (Å²) in [4.78, 5) is 37.4. The summed E-state index contributed by atoms with van der Waals surface area (Å²) in [5.74, 6) is -2.31. The first-order chi connectivity index (χ1) is 11.9. The van der Waals surface area contributed by atoms with E-state index in [0.717, 1.165) is 10.5 Å². The predicted molar refractivity (Wildman–Crippen MR) is 85.0 cm³/mol. The number of hydrogen-bond donors (Lipinski definition) is 2. The standard InChI is InChI=1S/C17H18N2O6/c1-10-9-25-16-17(24-2,15(23)19(16)13(10)14(21)22)18-12(20)8-11-6-4-3-5-7-11/h3-7,16H,8-9H2,1-2H3,(H,18,20)(H,21,22)/t16-,17+/m1/s1. The van der Waals surface area contributed by atoms with Crippen molar-refractivity contribution in [3.8, 4) is 0 Å². The highest BCUT2D eigenvalue weighted by atomic mass is 16.6. The number of hydrogen-bond acceptors (Lipinski definition) is 5. The van der Waals surface area contributed by atoms with Gasteiger partial charge in [0.1, 0.15) is 5.70 Å². The van der Waals surface area contributed by atoms with Gasteiger partial charge in [-0.1, -0.05) is 30.3 Å². The maximum absolute atomic E-state index is 12.6. The summed E-state index contributed by atoms with van der Waals surface area (Å²) in [5.41, 5.74) is -0.641. The van der Waals surface area contributed by atoms with Crippen LogP contribution in [0, 0.1) is 0 Å². The predicted octanol–water partition coefficient (Wildman–Crippen LogP) is 0.245. The van der Waals surface area contributed by atoms with Crippen molar-refractivity contribution >= 4 is 17.8 Å². The van der Waals surface area contributed by atoms with Crippen LogP contribution in [0.1, 0.15) is 12.5 Å². The average Bonchev–Trinajstić information content (AvgIpc) is 2.59. The Morgan fingerprint density at radius 1 is 1.40 bits per heavy atom. The van der Waals surface area contributed by atoms with Crippen LogP contribution in [0.2, 0.25) is 0 Å². The first-order valence-electron chi connectivity index (χ1n) is 7.69. The molecule has 2 aliphatic rings. The molecule has 1 saturated heterocycles. The molecule has 0 radical (unpaired) electrons. The van der Waals surface area contributed by atoms with Crippen molar-refractivity contribution in [1.29, 1.82) is 0 Å². The molecule has 1 aromatic rings. The molecule has 0 saturated carbocycles. The van der Waals surface area contributed by atoms with E-state index < -0.39 is 29.7 Å². The number of carboxylic acid groups (broad SMARTS) is 1. The Labute approximate surface area is 144 Å². The number of rotatable bonds is 5. The fourth-order valence-corrected chi connectivity index (χ4v) is 3.07. The van der Waals surface area contributed by atoms with Gasteiger partial charge in [-0.2, -0.15) is 0 Å². The number of methoxy groups -OCH3 is 1. The number of aliphatic carboxylic acids is 1. The zero-order valence-electron chi connectivity index (χ0n) is 13.8. The average molecular weight is 346 g/mol. The van der Waals surface area contributed by atoms with Crippen molar-refractivity contribution in [3.05, 3.63) is 47.2 Å². The largest absolute Gasteiger partial charge is 0.477 e. The number of amides is 2. The monoisotopic (exact) mass is 346 g/mol. The minimum absolute atomic E-state index is 0.0374. The molecule has 0 bridgehead atoms. The number of benzene rings is 1. The van der Waals surface area contributed by atoms with Crippen molar-refractivity contribution in [3.63, 3.8) is 0 Å². The molecule has 2 amide bonds. The van der Waals surface area contributed by atoms with E-state index in [1.54, 1.807) is 19.1 Å². The van der Waals surface area contributed by atoms with E-state index in [1.807, 2.05) is 18.2 Å². The Bertz CT molecular complexity index is 760. The van der Waals surface area contributed by atoms with Gasteiger partial charge in [0.15, 0.2) is 6.23 Å². The second-order valence-electron chi connectivity index (χ2n) is 5.92. The second-order valence-corrected chi connectivity index (χ2v) is 5.92. The summed E-state index contributed by atoms with van der Waals surface area (Å²) < 4.78 is 10.8. The van der Waals surface area contributed by atoms with Crippen molar-refractivity contribution < 1.29 is 29.0 Å². The molecule has 1 aromatic carbocycles. The van der Waals surface area contributed by atoms with Crippen LogP contribution in [0.4, 0.5) is 0 Å². The second kappa shape index (κ2) is 6.30. The highest BCUT2D eigenvalue weighted by Crippen LogP contribution is 2.40. The fourth-order valence-electron chi connectivity index (χ4n) is 3.07. The summed E-state index contributed by atoms with van der Waals surface area (Å²) in [6, 6.07) is 9.03. The minimum atomic E-state index is -1.72. The molecule has 0 unspecified atom stereocenters. The summed E-state index contributed by atoms with van der Waals surface area (Å²) in [7, 11) is 1.27. The van der Waals surface area contributed by atoms with Gasteiger partial charge >= 0.3 is 5.97 Å². The van der Waals surface area contributed by atoms with Crippen LogP contribution >= 0.6 is 0 Å². The van der Waals surface area contributed by atoms with Crippen LogP contribution in [0.5, 0.6) is 0 Å². The molecule has 0 spiro atoms. The van der Waals surface area contributed by atoms with Crippen molar-refractivity contribution in [2.45, 2.75) is 25.3 Å². The molecule has 3 rings (SSSR count). The Morgan fingerprint density at radius 2 is 2.08 bits per heavy atom. The topological polar surface area (TPSA) is 105 Å². The van der Waals surface area contributed by atoms with Gasteiger partial charge in [0.25, 0.3) is 11.6 Å². The molecule has 8 heteroatoms. The van der Waals surface area contributed by atoms with Crippen molar-refractivity contribution in [2.75, 3.05) is 13.7 Å². The van der Waals surface area contributed by atoms with Crippen molar-refractivity contribution in [1.82, 2.24) is 10.2 Å². The molecule has 2 aliphatic heterocycles. The molecule has 0 aliphatic carbocycles. The van der Waals surface area contributed by atoms with Gasteiger partial charge in [-0.25, -0.2) is 4.79 Å². The zero-order chi connectivity index (χ0) is 18.2. The van der Waals surface area contributed by atoms with E-state index in [0.29, 0.717) is 5.57 Å². The van der Waals surface area contributed by atoms with Crippen LogP contribution in [-0.4, -0.2) is 53.5 Å². The Hall–Kier alpha value is -2.71. The lowest BCUT2D eigenvalue weighted by atomic mass is 9.94. The van der Waals surface area contributed by atoms with E-state index in [9.17, 15) is 19.5 Å². The molecule has 2 atom stereocenters. The summed E-state index contributed by atoms with van der Waals surface area (Å²) >= 11 is 0. The lowest BCUT2D eigenvalue weighted by molar-refractivity contribution is -0.258. The molecule has 8 nitrogen and oxygen atoms in total. The number of carbonyl (C=O) groups excluding carboxylic acids is 2. The van der Waals surface area contributed by atoms with Gasteiger partial charge in [0.2, 0.25) is 5.91 Å². The first-order valence-corrected chi connectivity index (χ1v) is 7.69. The van der Waals surface area contributed by atoms with E-state index in [4.69, 9.17) is 9.47 Å². The molecule has 2 heterocycles. The SMILES string of the molecule is CO[C@@]1(NC(=O)Cc2ccccc2)C(=O)N2C(C(=O)O)=C(C)CO[C@@H]21. The number of carbonyl (C=O) groups is 3.